The lowest BCUT2D eigenvalue weighted by atomic mass is 10.2. The molecule has 0 saturated carbocycles. The Morgan fingerprint density at radius 1 is 1.07 bits per heavy atom. The van der Waals surface area contributed by atoms with Crippen LogP contribution in [-0.4, -0.2) is 44.9 Å². The van der Waals surface area contributed by atoms with Crippen LogP contribution in [0.15, 0.2) is 47.4 Å². The number of nitrogens with one attached hydrogen (secondary N) is 1. The number of nitrogens with zero attached hydrogens (tertiary/aromatic N) is 1. The Hall–Kier alpha value is -2.58. The first kappa shape index (κ1) is 22.1. The van der Waals surface area contributed by atoms with Crippen molar-refractivity contribution >= 4 is 21.6 Å². The predicted molar refractivity (Wildman–Crippen MR) is 116 cm³/mol. The van der Waals surface area contributed by atoms with Crippen molar-refractivity contribution in [3.05, 3.63) is 48.0 Å². The molecule has 1 heterocycles. The van der Waals surface area contributed by atoms with E-state index in [9.17, 15) is 13.2 Å². The quantitative estimate of drug-likeness (QED) is 0.723. The number of aryl methyl sites for hydroxylation is 1. The smallest absolute Gasteiger partial charge is 0.265 e. The number of methoxy groups -OCH3 is 1. The minimum Gasteiger partial charge on any atom is -0.495 e. The lowest BCUT2D eigenvalue weighted by Gasteiger charge is -2.26. The van der Waals surface area contributed by atoms with Gasteiger partial charge in [0.15, 0.2) is 6.10 Å². The number of hydrogen-bond donors (Lipinski definition) is 1. The van der Waals surface area contributed by atoms with Gasteiger partial charge in [-0.1, -0.05) is 24.6 Å². The van der Waals surface area contributed by atoms with Gasteiger partial charge in [-0.15, -0.1) is 0 Å². The van der Waals surface area contributed by atoms with Crippen molar-refractivity contribution in [3.8, 4) is 11.5 Å². The van der Waals surface area contributed by atoms with E-state index in [0.717, 1.165) is 24.8 Å². The van der Waals surface area contributed by atoms with Gasteiger partial charge in [-0.2, -0.15) is 4.31 Å². The largest absolute Gasteiger partial charge is 0.495 e. The van der Waals surface area contributed by atoms with Gasteiger partial charge in [0.25, 0.3) is 5.91 Å². The molecule has 1 fully saturated rings. The van der Waals surface area contributed by atoms with Crippen molar-refractivity contribution in [2.24, 2.45) is 0 Å². The highest BCUT2D eigenvalue weighted by atomic mass is 32.2. The summed E-state index contributed by atoms with van der Waals surface area (Å²) in [6.45, 7) is 4.56. The molecule has 0 spiro atoms. The highest BCUT2D eigenvalue weighted by molar-refractivity contribution is 7.89. The molecule has 8 heteroatoms. The predicted octanol–water partition coefficient (Wildman–Crippen LogP) is 3.58. The van der Waals surface area contributed by atoms with Crippen LogP contribution in [-0.2, 0) is 14.8 Å². The first-order chi connectivity index (χ1) is 14.3. The molecule has 30 heavy (non-hydrogen) atoms. The Morgan fingerprint density at radius 2 is 1.77 bits per heavy atom. The summed E-state index contributed by atoms with van der Waals surface area (Å²) in [5.41, 5.74) is 1.21. The summed E-state index contributed by atoms with van der Waals surface area (Å²) in [7, 11) is -2.16. The second kappa shape index (κ2) is 9.49. The van der Waals surface area contributed by atoms with Gasteiger partial charge in [0.05, 0.1) is 17.7 Å². The van der Waals surface area contributed by atoms with E-state index in [1.165, 1.54) is 23.5 Å². The van der Waals surface area contributed by atoms with E-state index in [0.29, 0.717) is 30.3 Å². The number of ether oxygens (including phenoxy) is 2. The van der Waals surface area contributed by atoms with Crippen LogP contribution in [0.2, 0.25) is 0 Å². The lowest BCUT2D eigenvalue weighted by Crippen LogP contribution is -2.35. The van der Waals surface area contributed by atoms with E-state index < -0.39 is 22.0 Å². The molecule has 1 aliphatic rings. The molecule has 2 aromatic rings. The Balaban J connectivity index is 1.80. The Kier molecular flexibility index (Phi) is 6.99. The van der Waals surface area contributed by atoms with E-state index >= 15 is 0 Å². The molecule has 0 aliphatic carbocycles. The fourth-order valence-corrected chi connectivity index (χ4v) is 4.91. The Morgan fingerprint density at radius 3 is 2.43 bits per heavy atom. The van der Waals surface area contributed by atoms with Crippen LogP contribution in [0.3, 0.4) is 0 Å². The van der Waals surface area contributed by atoms with Gasteiger partial charge in [0, 0.05) is 13.1 Å². The number of rotatable bonds is 7. The Bertz CT molecular complexity index is 1000. The van der Waals surface area contributed by atoms with Gasteiger partial charge >= 0.3 is 0 Å². The second-order valence-electron chi connectivity index (χ2n) is 7.34. The van der Waals surface area contributed by atoms with Crippen LogP contribution in [0, 0.1) is 6.92 Å². The van der Waals surface area contributed by atoms with Crippen LogP contribution in [0.5, 0.6) is 11.5 Å². The highest BCUT2D eigenvalue weighted by Crippen LogP contribution is 2.30. The average molecular weight is 433 g/mol. The van der Waals surface area contributed by atoms with E-state index in [-0.39, 0.29) is 4.90 Å². The van der Waals surface area contributed by atoms with Gasteiger partial charge in [0.2, 0.25) is 10.0 Å². The zero-order chi connectivity index (χ0) is 21.7. The van der Waals surface area contributed by atoms with Crippen molar-refractivity contribution in [2.45, 2.75) is 44.1 Å². The zero-order valence-electron chi connectivity index (χ0n) is 17.6. The molecule has 2 aromatic carbocycles. The van der Waals surface area contributed by atoms with Crippen molar-refractivity contribution in [1.29, 1.82) is 0 Å². The highest BCUT2D eigenvalue weighted by Gasteiger charge is 2.27. The van der Waals surface area contributed by atoms with Gasteiger partial charge in [-0.3, -0.25) is 4.79 Å². The SMILES string of the molecule is COc1ccc(S(=O)(=O)N2CCCCC2)cc1NC(=O)[C@@H](C)Oc1ccccc1C. The molecule has 1 atom stereocenters. The summed E-state index contributed by atoms with van der Waals surface area (Å²) in [4.78, 5) is 12.8. The van der Waals surface area contributed by atoms with E-state index in [1.54, 1.807) is 19.1 Å². The summed E-state index contributed by atoms with van der Waals surface area (Å²) in [6.07, 6.45) is 1.96. The lowest BCUT2D eigenvalue weighted by molar-refractivity contribution is -0.122. The third kappa shape index (κ3) is 4.94. The number of carbonyl (C=O) groups is 1. The maximum absolute atomic E-state index is 13.0. The third-order valence-corrected chi connectivity index (χ3v) is 7.04. The average Bonchev–Trinajstić information content (AvgIpc) is 2.75. The molecule has 1 N–H and O–H groups in total. The first-order valence-electron chi connectivity index (χ1n) is 10.0. The Labute approximate surface area is 178 Å². The number of benzene rings is 2. The fraction of sp³-hybridized carbons (Fsp3) is 0.409. The van der Waals surface area contributed by atoms with Crippen LogP contribution >= 0.6 is 0 Å². The maximum Gasteiger partial charge on any atom is 0.265 e. The van der Waals surface area contributed by atoms with Gasteiger partial charge in [-0.05, 0) is 56.5 Å². The van der Waals surface area contributed by atoms with Gasteiger partial charge in [-0.25, -0.2) is 8.42 Å². The van der Waals surface area contributed by atoms with E-state index in [4.69, 9.17) is 9.47 Å². The molecular weight excluding hydrogens is 404 g/mol. The summed E-state index contributed by atoms with van der Waals surface area (Å²) >= 11 is 0. The van der Waals surface area contributed by atoms with Crippen LogP contribution in [0.4, 0.5) is 5.69 Å². The zero-order valence-corrected chi connectivity index (χ0v) is 18.4. The molecule has 0 radical (unpaired) electrons. The molecule has 0 aromatic heterocycles. The number of para-hydroxylation sites is 1. The van der Waals surface area contributed by atoms with Crippen LogP contribution < -0.4 is 14.8 Å². The van der Waals surface area contributed by atoms with Crippen LogP contribution in [0.25, 0.3) is 0 Å². The molecule has 0 unspecified atom stereocenters. The number of amides is 1. The van der Waals surface area contributed by atoms with Crippen molar-refractivity contribution in [2.75, 3.05) is 25.5 Å². The summed E-state index contributed by atoms with van der Waals surface area (Å²) in [6, 6.07) is 11.9. The fourth-order valence-electron chi connectivity index (χ4n) is 3.37. The molecule has 1 amide bonds. The van der Waals surface area contributed by atoms with Gasteiger partial charge < -0.3 is 14.8 Å². The number of piperidine rings is 1. The molecule has 162 valence electrons. The van der Waals surface area contributed by atoms with Crippen molar-refractivity contribution < 1.29 is 22.7 Å². The van der Waals surface area contributed by atoms with Crippen molar-refractivity contribution in [1.82, 2.24) is 4.31 Å². The minimum atomic E-state index is -3.62. The van der Waals surface area contributed by atoms with Gasteiger partial charge in [0.1, 0.15) is 11.5 Å². The topological polar surface area (TPSA) is 84.9 Å². The first-order valence-corrected chi connectivity index (χ1v) is 11.5. The third-order valence-electron chi connectivity index (χ3n) is 5.15. The minimum absolute atomic E-state index is 0.132. The number of hydrogen-bond acceptors (Lipinski definition) is 5. The molecule has 0 bridgehead atoms. The summed E-state index contributed by atoms with van der Waals surface area (Å²) < 4.78 is 38.5. The normalized spacial score (nSPS) is 16.0. The standard InChI is InChI=1S/C22H28N2O5S/c1-16-9-5-6-10-20(16)29-17(2)22(25)23-19-15-18(11-12-21(19)28-3)30(26,27)24-13-7-4-8-14-24/h5-6,9-12,15,17H,4,7-8,13-14H2,1-3H3,(H,23,25)/t17-/m1/s1. The molecule has 1 saturated heterocycles. The molecule has 7 nitrogen and oxygen atoms in total. The van der Waals surface area contributed by atoms with Crippen molar-refractivity contribution in [3.63, 3.8) is 0 Å². The summed E-state index contributed by atoms with van der Waals surface area (Å²) in [5.74, 6) is 0.599. The van der Waals surface area contributed by atoms with E-state index in [1.807, 2.05) is 25.1 Å². The number of anilines is 1. The van der Waals surface area contributed by atoms with Crippen LogP contribution in [0.1, 0.15) is 31.7 Å². The molecule has 3 rings (SSSR count). The molecule has 1 aliphatic heterocycles. The second-order valence-corrected chi connectivity index (χ2v) is 9.28. The monoisotopic (exact) mass is 432 g/mol. The number of carbonyl (C=O) groups excluding carboxylic acids is 1. The molecular formula is C22H28N2O5S. The summed E-state index contributed by atoms with van der Waals surface area (Å²) in [5, 5.41) is 2.74. The maximum atomic E-state index is 13.0. The van der Waals surface area contributed by atoms with E-state index in [2.05, 4.69) is 5.32 Å². The number of sulfonamides is 1.